The molecule has 0 aliphatic heterocycles. The van der Waals surface area contributed by atoms with Crippen LogP contribution in [0.5, 0.6) is 0 Å². The summed E-state index contributed by atoms with van der Waals surface area (Å²) in [6, 6.07) is 7.78. The number of terminal acetylenes is 1. The summed E-state index contributed by atoms with van der Waals surface area (Å²) in [5.74, 6) is 2.21. The number of rotatable bonds is 5. The highest BCUT2D eigenvalue weighted by atomic mass is 35.5. The topological polar surface area (TPSA) is 33.5 Å². The number of hydrogen-bond donors (Lipinski definition) is 0. The molecule has 1 aromatic carbocycles. The Morgan fingerprint density at radius 3 is 2.81 bits per heavy atom. The molecule has 0 aliphatic rings. The third-order valence-corrected chi connectivity index (χ3v) is 3.31. The zero-order valence-corrected chi connectivity index (χ0v) is 11.9. The Bertz CT molecular complexity index is 641. The highest BCUT2D eigenvalue weighted by Gasteiger charge is 2.18. The van der Waals surface area contributed by atoms with E-state index in [2.05, 4.69) is 5.92 Å². The predicted molar refractivity (Wildman–Crippen MR) is 78.1 cm³/mol. The Balaban J connectivity index is 2.14. The first-order valence-corrected chi connectivity index (χ1v) is 6.66. The van der Waals surface area contributed by atoms with E-state index in [9.17, 15) is 9.18 Å². The number of nitrogens with zero attached hydrogens (tertiary/aromatic N) is 1. The Morgan fingerprint density at radius 1 is 1.38 bits per heavy atom. The van der Waals surface area contributed by atoms with Gasteiger partial charge in [-0.15, -0.1) is 6.42 Å². The van der Waals surface area contributed by atoms with Gasteiger partial charge in [0.25, 0.3) is 0 Å². The van der Waals surface area contributed by atoms with Crippen molar-refractivity contribution in [3.05, 3.63) is 58.8 Å². The van der Waals surface area contributed by atoms with Gasteiger partial charge in [0.15, 0.2) is 0 Å². The summed E-state index contributed by atoms with van der Waals surface area (Å²) in [6.45, 7) is 0.355. The van der Waals surface area contributed by atoms with Crippen LogP contribution in [0.3, 0.4) is 0 Å². The molecule has 2 rings (SSSR count). The van der Waals surface area contributed by atoms with Crippen LogP contribution in [0.4, 0.5) is 4.39 Å². The minimum absolute atomic E-state index is 0.117. The fraction of sp³-hybridized carbons (Fsp3) is 0.188. The molecule has 0 unspecified atom stereocenters. The van der Waals surface area contributed by atoms with Crippen molar-refractivity contribution in [3.63, 3.8) is 0 Å². The summed E-state index contributed by atoms with van der Waals surface area (Å²) >= 11 is 5.93. The molecular formula is C16H13ClFNO2. The van der Waals surface area contributed by atoms with Crippen LogP contribution in [-0.4, -0.2) is 17.4 Å². The van der Waals surface area contributed by atoms with Gasteiger partial charge < -0.3 is 9.32 Å². The van der Waals surface area contributed by atoms with E-state index in [4.69, 9.17) is 22.4 Å². The van der Waals surface area contributed by atoms with Crippen LogP contribution in [0.15, 0.2) is 41.0 Å². The van der Waals surface area contributed by atoms with E-state index in [0.29, 0.717) is 5.76 Å². The molecule has 0 atom stereocenters. The fourth-order valence-electron chi connectivity index (χ4n) is 1.90. The van der Waals surface area contributed by atoms with E-state index < -0.39 is 5.82 Å². The maximum atomic E-state index is 13.7. The van der Waals surface area contributed by atoms with Crippen LogP contribution in [0, 0.1) is 18.2 Å². The van der Waals surface area contributed by atoms with Crippen LogP contribution < -0.4 is 0 Å². The fourth-order valence-corrected chi connectivity index (χ4v) is 2.13. The molecular weight excluding hydrogens is 293 g/mol. The van der Waals surface area contributed by atoms with E-state index >= 15 is 0 Å². The normalized spacial score (nSPS) is 10.1. The maximum absolute atomic E-state index is 13.7. The van der Waals surface area contributed by atoms with Crippen molar-refractivity contribution >= 4 is 17.5 Å². The molecule has 0 radical (unpaired) electrons. The lowest BCUT2D eigenvalue weighted by atomic mass is 10.1. The molecule has 1 amide bonds. The molecule has 0 spiro atoms. The number of furan rings is 1. The van der Waals surface area contributed by atoms with Gasteiger partial charge in [-0.1, -0.05) is 23.6 Å². The third kappa shape index (κ3) is 3.87. The second-order valence-corrected chi connectivity index (χ2v) is 4.82. The second-order valence-electron chi connectivity index (χ2n) is 4.41. The largest absolute Gasteiger partial charge is 0.467 e. The van der Waals surface area contributed by atoms with Gasteiger partial charge in [0.2, 0.25) is 5.91 Å². The van der Waals surface area contributed by atoms with Gasteiger partial charge >= 0.3 is 0 Å². The van der Waals surface area contributed by atoms with Crippen molar-refractivity contribution in [2.75, 3.05) is 6.54 Å². The van der Waals surface area contributed by atoms with Crippen molar-refractivity contribution < 1.29 is 13.6 Å². The van der Waals surface area contributed by atoms with Crippen LogP contribution >= 0.6 is 11.6 Å². The van der Waals surface area contributed by atoms with Gasteiger partial charge in [0, 0.05) is 10.6 Å². The standard InChI is InChI=1S/C16H13ClFNO2/c1-2-8-19(11-12-5-4-9-21-12)16(20)10-13-14(17)6-3-7-15(13)18/h1,3-7,9H,8,10-11H2. The molecule has 0 fully saturated rings. The van der Waals surface area contributed by atoms with Crippen LogP contribution in [-0.2, 0) is 17.8 Å². The molecule has 0 bridgehead atoms. The number of hydrogen-bond acceptors (Lipinski definition) is 2. The van der Waals surface area contributed by atoms with Crippen molar-refractivity contribution in [1.29, 1.82) is 0 Å². The van der Waals surface area contributed by atoms with Gasteiger partial charge in [-0.3, -0.25) is 4.79 Å². The number of amides is 1. The van der Waals surface area contributed by atoms with Crippen molar-refractivity contribution in [3.8, 4) is 12.3 Å². The first-order chi connectivity index (χ1) is 10.1. The quantitative estimate of drug-likeness (QED) is 0.794. The maximum Gasteiger partial charge on any atom is 0.228 e. The lowest BCUT2D eigenvalue weighted by Gasteiger charge is -2.19. The number of halogens is 2. The highest BCUT2D eigenvalue weighted by Crippen LogP contribution is 2.20. The monoisotopic (exact) mass is 305 g/mol. The summed E-state index contributed by atoms with van der Waals surface area (Å²) in [7, 11) is 0. The second kappa shape index (κ2) is 6.96. The van der Waals surface area contributed by atoms with E-state index in [1.54, 1.807) is 18.2 Å². The molecule has 2 aromatic rings. The Hall–Kier alpha value is -2.25. The summed E-state index contributed by atoms with van der Waals surface area (Å²) in [5.41, 5.74) is 0.172. The highest BCUT2D eigenvalue weighted by molar-refractivity contribution is 6.31. The molecule has 5 heteroatoms. The van der Waals surface area contributed by atoms with E-state index in [1.165, 1.54) is 23.3 Å². The number of carbonyl (C=O) groups is 1. The molecule has 1 aromatic heterocycles. The summed E-state index contributed by atoms with van der Waals surface area (Å²) in [6.07, 6.45) is 6.65. The SMILES string of the molecule is C#CCN(Cc1ccco1)C(=O)Cc1c(F)cccc1Cl. The van der Waals surface area contributed by atoms with Crippen LogP contribution in [0.1, 0.15) is 11.3 Å². The number of benzene rings is 1. The van der Waals surface area contributed by atoms with Crippen molar-refractivity contribution in [1.82, 2.24) is 4.90 Å². The molecule has 21 heavy (non-hydrogen) atoms. The first-order valence-electron chi connectivity index (χ1n) is 6.28. The molecule has 3 nitrogen and oxygen atoms in total. The average molecular weight is 306 g/mol. The lowest BCUT2D eigenvalue weighted by Crippen LogP contribution is -2.32. The van der Waals surface area contributed by atoms with Crippen molar-refractivity contribution in [2.24, 2.45) is 0 Å². The van der Waals surface area contributed by atoms with Gasteiger partial charge in [0.1, 0.15) is 11.6 Å². The average Bonchev–Trinajstić information content (AvgIpc) is 2.95. The lowest BCUT2D eigenvalue weighted by molar-refractivity contribution is -0.130. The molecule has 0 N–H and O–H groups in total. The third-order valence-electron chi connectivity index (χ3n) is 2.95. The van der Waals surface area contributed by atoms with E-state index in [1.807, 2.05) is 0 Å². The molecule has 108 valence electrons. The Kier molecular flexibility index (Phi) is 5.02. The predicted octanol–water partition coefficient (Wildman–Crippen LogP) is 3.28. The summed E-state index contributed by atoms with van der Waals surface area (Å²) in [5, 5.41) is 0.224. The van der Waals surface area contributed by atoms with E-state index in [-0.39, 0.29) is 36.0 Å². The van der Waals surface area contributed by atoms with Gasteiger partial charge in [-0.05, 0) is 24.3 Å². The molecule has 0 saturated carbocycles. The molecule has 0 saturated heterocycles. The molecule has 0 aliphatic carbocycles. The summed E-state index contributed by atoms with van der Waals surface area (Å²) < 4.78 is 18.9. The Labute approximate surface area is 127 Å². The minimum Gasteiger partial charge on any atom is -0.467 e. The van der Waals surface area contributed by atoms with Crippen LogP contribution in [0.25, 0.3) is 0 Å². The van der Waals surface area contributed by atoms with E-state index in [0.717, 1.165) is 0 Å². The number of carbonyl (C=O) groups excluding carboxylic acids is 1. The zero-order valence-electron chi connectivity index (χ0n) is 11.2. The Morgan fingerprint density at radius 2 is 2.19 bits per heavy atom. The first kappa shape index (κ1) is 15.1. The van der Waals surface area contributed by atoms with Gasteiger partial charge in [0.05, 0.1) is 25.8 Å². The van der Waals surface area contributed by atoms with Gasteiger partial charge in [-0.25, -0.2) is 4.39 Å². The smallest absolute Gasteiger partial charge is 0.228 e. The van der Waals surface area contributed by atoms with Crippen molar-refractivity contribution in [2.45, 2.75) is 13.0 Å². The zero-order chi connectivity index (χ0) is 15.2. The summed E-state index contributed by atoms with van der Waals surface area (Å²) in [4.78, 5) is 13.7. The van der Waals surface area contributed by atoms with Gasteiger partial charge in [-0.2, -0.15) is 0 Å². The minimum atomic E-state index is -0.505. The molecule has 1 heterocycles. The van der Waals surface area contributed by atoms with Crippen LogP contribution in [0.2, 0.25) is 5.02 Å².